The molecular weight excluding hydrogens is 374 g/mol. The summed E-state index contributed by atoms with van der Waals surface area (Å²) in [5, 5.41) is 13.9. The van der Waals surface area contributed by atoms with E-state index in [4.69, 9.17) is 14.6 Å². The highest BCUT2D eigenvalue weighted by Gasteiger charge is 2.57. The first-order valence-electron chi connectivity index (χ1n) is 10.2. The summed E-state index contributed by atoms with van der Waals surface area (Å²) in [6.45, 7) is 3.07. The number of fused-ring (bicyclic) bond motifs is 5. The van der Waals surface area contributed by atoms with Crippen molar-refractivity contribution in [2.75, 3.05) is 19.7 Å². The lowest BCUT2D eigenvalue weighted by molar-refractivity contribution is -0.156. The molecular formula is C21H27N3O5. The summed E-state index contributed by atoms with van der Waals surface area (Å²) in [4.78, 5) is 36.4. The molecule has 0 aromatic heterocycles. The number of ether oxygens (including phenoxy) is 1. The van der Waals surface area contributed by atoms with Crippen molar-refractivity contribution in [2.45, 2.75) is 44.0 Å². The van der Waals surface area contributed by atoms with Crippen LogP contribution in [0.25, 0.3) is 0 Å². The zero-order valence-electron chi connectivity index (χ0n) is 16.4. The molecule has 29 heavy (non-hydrogen) atoms. The van der Waals surface area contributed by atoms with Crippen LogP contribution in [0.1, 0.15) is 31.4 Å². The van der Waals surface area contributed by atoms with E-state index >= 15 is 0 Å². The summed E-state index contributed by atoms with van der Waals surface area (Å²) in [6, 6.07) is 9.91. The third-order valence-electron chi connectivity index (χ3n) is 6.44. The van der Waals surface area contributed by atoms with Gasteiger partial charge < -0.3 is 25.4 Å². The second-order valence-electron chi connectivity index (χ2n) is 8.15. The molecule has 1 aromatic rings. The molecule has 4 aliphatic heterocycles. The van der Waals surface area contributed by atoms with E-state index in [2.05, 4.69) is 15.5 Å². The van der Waals surface area contributed by atoms with E-state index in [0.29, 0.717) is 23.9 Å². The molecule has 8 heteroatoms. The number of carboxylic acid groups (broad SMARTS) is 1. The Hall–Kier alpha value is -2.45. The van der Waals surface area contributed by atoms with Crippen LogP contribution in [0.5, 0.6) is 0 Å². The van der Waals surface area contributed by atoms with Crippen molar-refractivity contribution in [3.63, 3.8) is 0 Å². The number of hydrogen-bond donors (Lipinski definition) is 3. The number of carbonyl (C=O) groups is 3. The minimum Gasteiger partial charge on any atom is -0.481 e. The number of nitrogens with one attached hydrogen (secondary N) is 2. The molecule has 4 heterocycles. The number of amides is 2. The molecule has 1 aromatic carbocycles. The Morgan fingerprint density at radius 1 is 1.10 bits per heavy atom. The van der Waals surface area contributed by atoms with Gasteiger partial charge in [0.15, 0.2) is 6.10 Å². The van der Waals surface area contributed by atoms with Crippen LogP contribution < -0.4 is 10.6 Å². The Bertz CT molecular complexity index is 764. The van der Waals surface area contributed by atoms with Gasteiger partial charge in [-0.3, -0.25) is 14.4 Å². The molecule has 8 nitrogen and oxygen atoms in total. The van der Waals surface area contributed by atoms with Gasteiger partial charge >= 0.3 is 0 Å². The fourth-order valence-corrected chi connectivity index (χ4v) is 5.43. The van der Waals surface area contributed by atoms with Crippen molar-refractivity contribution in [1.82, 2.24) is 15.5 Å². The second-order valence-corrected chi connectivity index (χ2v) is 8.15. The highest BCUT2D eigenvalue weighted by molar-refractivity contribution is 5.87. The van der Waals surface area contributed by atoms with E-state index in [9.17, 15) is 9.59 Å². The summed E-state index contributed by atoms with van der Waals surface area (Å²) < 4.78 is 5.76. The lowest BCUT2D eigenvalue weighted by Crippen LogP contribution is -2.55. The second kappa shape index (κ2) is 8.12. The minimum atomic E-state index is -0.833. The van der Waals surface area contributed by atoms with Crippen LogP contribution >= 0.6 is 0 Å². The van der Waals surface area contributed by atoms with Crippen molar-refractivity contribution in [3.8, 4) is 0 Å². The van der Waals surface area contributed by atoms with Crippen molar-refractivity contribution in [2.24, 2.45) is 11.8 Å². The Morgan fingerprint density at radius 2 is 1.69 bits per heavy atom. The maximum absolute atomic E-state index is 13.4. The standard InChI is InChI=1S/C19H23N3O3.C2H4O2/c23-16-10-25-18(17(21-16)11-4-2-1-3-5-11)19(24)22-14-6-7-15(22)13-9-20-8-12(13)14;1-2(3)4/h1-5,12-15,17-18,20H,6-10H2,(H,21,23);1H3,(H,3,4)/t12-,13+,14-,15+,17-,18+;/m1./s1. The maximum atomic E-state index is 13.4. The molecule has 0 spiro atoms. The number of aliphatic carboxylic acids is 1. The molecule has 156 valence electrons. The van der Waals surface area contributed by atoms with Gasteiger partial charge in [-0.15, -0.1) is 0 Å². The molecule has 6 atom stereocenters. The first-order valence-corrected chi connectivity index (χ1v) is 10.2. The average Bonchev–Trinajstić information content (AvgIpc) is 3.40. The van der Waals surface area contributed by atoms with E-state index < -0.39 is 18.1 Å². The van der Waals surface area contributed by atoms with Gasteiger partial charge in [0, 0.05) is 32.1 Å². The van der Waals surface area contributed by atoms with Crippen LogP contribution in [0.3, 0.4) is 0 Å². The van der Waals surface area contributed by atoms with Crippen molar-refractivity contribution in [1.29, 1.82) is 0 Å². The van der Waals surface area contributed by atoms with Crippen LogP contribution in [0, 0.1) is 11.8 Å². The predicted molar refractivity (Wildman–Crippen MR) is 104 cm³/mol. The van der Waals surface area contributed by atoms with Gasteiger partial charge in [-0.05, 0) is 30.2 Å². The van der Waals surface area contributed by atoms with E-state index in [-0.39, 0.29) is 18.4 Å². The number of nitrogens with zero attached hydrogens (tertiary/aromatic N) is 1. The molecule has 2 amide bonds. The number of carbonyl (C=O) groups excluding carboxylic acids is 2. The van der Waals surface area contributed by atoms with Crippen LogP contribution in [-0.4, -0.2) is 65.7 Å². The average molecular weight is 401 g/mol. The van der Waals surface area contributed by atoms with Crippen molar-refractivity contribution < 1.29 is 24.2 Å². The zero-order chi connectivity index (χ0) is 20.5. The van der Waals surface area contributed by atoms with Gasteiger partial charge in [-0.2, -0.15) is 0 Å². The predicted octanol–water partition coefficient (Wildman–Crippen LogP) is 0.542. The van der Waals surface area contributed by atoms with Gasteiger partial charge in [-0.25, -0.2) is 0 Å². The normalized spacial score (nSPS) is 34.8. The highest BCUT2D eigenvalue weighted by atomic mass is 16.5. The van der Waals surface area contributed by atoms with Gasteiger partial charge in [-0.1, -0.05) is 30.3 Å². The first kappa shape index (κ1) is 19.8. The Balaban J connectivity index is 0.000000472. The van der Waals surface area contributed by atoms with Gasteiger partial charge in [0.25, 0.3) is 11.9 Å². The van der Waals surface area contributed by atoms with Crippen LogP contribution in [0.4, 0.5) is 0 Å². The fraction of sp³-hybridized carbons (Fsp3) is 0.571. The molecule has 2 bridgehead atoms. The smallest absolute Gasteiger partial charge is 0.300 e. The Labute approximate surface area is 169 Å². The lowest BCUT2D eigenvalue weighted by atomic mass is 9.82. The van der Waals surface area contributed by atoms with Gasteiger partial charge in [0.05, 0.1) is 6.04 Å². The van der Waals surface area contributed by atoms with Crippen molar-refractivity contribution in [3.05, 3.63) is 35.9 Å². The Kier molecular flexibility index (Phi) is 5.56. The molecule has 4 saturated heterocycles. The molecule has 0 aliphatic carbocycles. The van der Waals surface area contributed by atoms with Crippen LogP contribution in [-0.2, 0) is 19.1 Å². The van der Waals surface area contributed by atoms with E-state index in [0.717, 1.165) is 38.4 Å². The van der Waals surface area contributed by atoms with Crippen LogP contribution in [0.15, 0.2) is 30.3 Å². The van der Waals surface area contributed by atoms with E-state index in [1.165, 1.54) is 0 Å². The van der Waals surface area contributed by atoms with Crippen LogP contribution in [0.2, 0.25) is 0 Å². The van der Waals surface area contributed by atoms with E-state index in [1.54, 1.807) is 0 Å². The summed E-state index contributed by atoms with van der Waals surface area (Å²) in [7, 11) is 0. The minimum absolute atomic E-state index is 0.0443. The topological polar surface area (TPSA) is 108 Å². The Morgan fingerprint density at radius 3 is 2.28 bits per heavy atom. The number of carboxylic acids is 1. The SMILES string of the molecule is CC(=O)O.O=C1CO[C@H](C(=O)N2[C@@H]3CC[C@H]2[C@H]2CNC[C@H]23)[C@@H](c2ccccc2)N1. The molecule has 4 fully saturated rings. The number of rotatable bonds is 2. The maximum Gasteiger partial charge on any atom is 0.300 e. The molecule has 3 N–H and O–H groups in total. The number of morpholine rings is 1. The third-order valence-corrected chi connectivity index (χ3v) is 6.44. The molecule has 0 radical (unpaired) electrons. The van der Waals surface area contributed by atoms with E-state index in [1.807, 2.05) is 30.3 Å². The zero-order valence-corrected chi connectivity index (χ0v) is 16.4. The molecule has 0 saturated carbocycles. The van der Waals surface area contributed by atoms with Crippen molar-refractivity contribution >= 4 is 17.8 Å². The van der Waals surface area contributed by atoms with Gasteiger partial charge in [0.1, 0.15) is 6.61 Å². The first-order chi connectivity index (χ1) is 14.0. The van der Waals surface area contributed by atoms with Gasteiger partial charge in [0.2, 0.25) is 5.91 Å². The summed E-state index contributed by atoms with van der Waals surface area (Å²) in [5.41, 5.74) is 0.919. The largest absolute Gasteiger partial charge is 0.481 e. The summed E-state index contributed by atoms with van der Waals surface area (Å²) >= 11 is 0. The molecule has 5 rings (SSSR count). The third kappa shape index (κ3) is 3.74. The molecule has 0 unspecified atom stereocenters. The fourth-order valence-electron chi connectivity index (χ4n) is 5.43. The highest BCUT2D eigenvalue weighted by Crippen LogP contribution is 2.48. The quantitative estimate of drug-likeness (QED) is 0.668. The molecule has 4 aliphatic rings. The number of hydrogen-bond acceptors (Lipinski definition) is 5. The summed E-state index contributed by atoms with van der Waals surface area (Å²) in [6.07, 6.45) is 1.55. The number of benzene rings is 1. The lowest BCUT2D eigenvalue weighted by Gasteiger charge is -2.36. The monoisotopic (exact) mass is 401 g/mol. The summed E-state index contributed by atoms with van der Waals surface area (Å²) in [5.74, 6) is 0.214.